The van der Waals surface area contributed by atoms with Crippen LogP contribution in [-0.2, 0) is 0 Å². The van der Waals surface area contributed by atoms with Crippen molar-refractivity contribution >= 4 is 40.8 Å². The van der Waals surface area contributed by atoms with Crippen molar-refractivity contribution in [2.45, 2.75) is 6.92 Å². The minimum Gasteiger partial charge on any atom is -0.303 e. The number of hydrogen-bond acceptors (Lipinski definition) is 4. The molecule has 1 N–H and O–H groups in total. The van der Waals surface area contributed by atoms with E-state index in [1.807, 2.05) is 0 Å². The van der Waals surface area contributed by atoms with Crippen molar-refractivity contribution in [2.24, 2.45) is 0 Å². The van der Waals surface area contributed by atoms with Crippen LogP contribution in [0.2, 0.25) is 10.2 Å². The Bertz CT molecular complexity index is 958. The van der Waals surface area contributed by atoms with Gasteiger partial charge in [0, 0.05) is 23.3 Å². The maximum atomic E-state index is 12.6. The molecule has 0 spiro atoms. The Morgan fingerprint density at radius 2 is 1.93 bits per heavy atom. The lowest BCUT2D eigenvalue weighted by atomic mass is 10.2. The fourth-order valence-corrected chi connectivity index (χ4v) is 2.67. The summed E-state index contributed by atoms with van der Waals surface area (Å²) in [6.07, 6.45) is 4.80. The molecule has 3 aromatic rings. The SMILES string of the molecule is CCN(C(=O)Nc1cn(-c2cccnc2)nc1Cl)C(=O)c1ccc(Cl)cc1. The minimum atomic E-state index is -0.606. The molecule has 0 unspecified atom stereocenters. The average molecular weight is 404 g/mol. The second-order valence-corrected chi connectivity index (χ2v) is 6.27. The molecule has 0 aliphatic rings. The van der Waals surface area contributed by atoms with Crippen LogP contribution in [0, 0.1) is 0 Å². The van der Waals surface area contributed by atoms with Gasteiger partial charge in [-0.3, -0.25) is 14.7 Å². The fourth-order valence-electron chi connectivity index (χ4n) is 2.37. The van der Waals surface area contributed by atoms with Gasteiger partial charge in [0.05, 0.1) is 18.1 Å². The van der Waals surface area contributed by atoms with Gasteiger partial charge in [-0.1, -0.05) is 23.2 Å². The van der Waals surface area contributed by atoms with Crippen LogP contribution in [0.25, 0.3) is 5.69 Å². The van der Waals surface area contributed by atoms with Crippen LogP contribution in [0.5, 0.6) is 0 Å². The Morgan fingerprint density at radius 3 is 2.56 bits per heavy atom. The van der Waals surface area contributed by atoms with Gasteiger partial charge in [0.1, 0.15) is 5.69 Å². The van der Waals surface area contributed by atoms with Crippen molar-refractivity contribution in [2.75, 3.05) is 11.9 Å². The van der Waals surface area contributed by atoms with E-state index < -0.39 is 11.9 Å². The predicted molar refractivity (Wildman–Crippen MR) is 104 cm³/mol. The van der Waals surface area contributed by atoms with Crippen LogP contribution in [0.1, 0.15) is 17.3 Å². The van der Waals surface area contributed by atoms with Crippen molar-refractivity contribution in [1.82, 2.24) is 19.7 Å². The Kier molecular flexibility index (Phi) is 5.73. The molecule has 27 heavy (non-hydrogen) atoms. The highest BCUT2D eigenvalue weighted by Gasteiger charge is 2.23. The molecule has 0 radical (unpaired) electrons. The second-order valence-electron chi connectivity index (χ2n) is 5.48. The van der Waals surface area contributed by atoms with E-state index >= 15 is 0 Å². The van der Waals surface area contributed by atoms with E-state index in [1.165, 1.54) is 4.68 Å². The summed E-state index contributed by atoms with van der Waals surface area (Å²) in [5, 5.41) is 7.37. The summed E-state index contributed by atoms with van der Waals surface area (Å²) in [5.41, 5.74) is 1.32. The smallest absolute Gasteiger partial charge is 0.303 e. The number of anilines is 1. The third-order valence-corrected chi connectivity index (χ3v) is 4.25. The number of pyridine rings is 1. The predicted octanol–water partition coefficient (Wildman–Crippen LogP) is 4.27. The number of urea groups is 1. The van der Waals surface area contributed by atoms with E-state index in [4.69, 9.17) is 23.2 Å². The number of carbonyl (C=O) groups is 2. The zero-order valence-electron chi connectivity index (χ0n) is 14.3. The van der Waals surface area contributed by atoms with Gasteiger partial charge in [0.25, 0.3) is 5.91 Å². The summed E-state index contributed by atoms with van der Waals surface area (Å²) < 4.78 is 1.49. The van der Waals surface area contributed by atoms with Crippen LogP contribution < -0.4 is 5.32 Å². The van der Waals surface area contributed by atoms with Crippen molar-refractivity contribution in [1.29, 1.82) is 0 Å². The molecule has 0 saturated carbocycles. The molecule has 7 nitrogen and oxygen atoms in total. The van der Waals surface area contributed by atoms with E-state index in [2.05, 4.69) is 15.4 Å². The van der Waals surface area contributed by atoms with Crippen LogP contribution in [-0.4, -0.2) is 38.1 Å². The van der Waals surface area contributed by atoms with Gasteiger partial charge in [-0.05, 0) is 43.3 Å². The van der Waals surface area contributed by atoms with Crippen LogP contribution >= 0.6 is 23.2 Å². The van der Waals surface area contributed by atoms with Gasteiger partial charge in [0.2, 0.25) is 0 Å². The lowest BCUT2D eigenvalue weighted by molar-refractivity contribution is 0.0818. The second kappa shape index (κ2) is 8.20. The van der Waals surface area contributed by atoms with Crippen LogP contribution in [0.4, 0.5) is 10.5 Å². The van der Waals surface area contributed by atoms with Gasteiger partial charge in [0.15, 0.2) is 5.15 Å². The highest BCUT2D eigenvalue weighted by atomic mass is 35.5. The van der Waals surface area contributed by atoms with Crippen molar-refractivity contribution in [3.05, 3.63) is 70.7 Å². The van der Waals surface area contributed by atoms with E-state index in [0.717, 1.165) is 4.90 Å². The third-order valence-electron chi connectivity index (χ3n) is 3.72. The highest BCUT2D eigenvalue weighted by molar-refractivity contribution is 6.32. The maximum Gasteiger partial charge on any atom is 0.328 e. The largest absolute Gasteiger partial charge is 0.328 e. The van der Waals surface area contributed by atoms with E-state index in [9.17, 15) is 9.59 Å². The molecular formula is C18H15Cl2N5O2. The normalized spacial score (nSPS) is 10.5. The Labute approximate surface area is 165 Å². The monoisotopic (exact) mass is 403 g/mol. The van der Waals surface area contributed by atoms with Crippen molar-refractivity contribution < 1.29 is 9.59 Å². The van der Waals surface area contributed by atoms with Gasteiger partial charge >= 0.3 is 6.03 Å². The molecule has 9 heteroatoms. The molecule has 0 bridgehead atoms. The molecular weight excluding hydrogens is 389 g/mol. The summed E-state index contributed by atoms with van der Waals surface area (Å²) in [7, 11) is 0. The molecule has 0 saturated heterocycles. The number of halogens is 2. The molecule has 0 atom stereocenters. The molecule has 2 aromatic heterocycles. The topological polar surface area (TPSA) is 80.1 Å². The highest BCUT2D eigenvalue weighted by Crippen LogP contribution is 2.22. The van der Waals surface area contributed by atoms with Gasteiger partial charge < -0.3 is 5.32 Å². The van der Waals surface area contributed by atoms with E-state index in [1.54, 1.807) is 61.9 Å². The zero-order valence-corrected chi connectivity index (χ0v) is 15.8. The first-order valence-electron chi connectivity index (χ1n) is 8.03. The number of benzene rings is 1. The number of nitrogens with one attached hydrogen (secondary N) is 1. The summed E-state index contributed by atoms with van der Waals surface area (Å²) in [5.74, 6) is -0.442. The molecule has 0 aliphatic carbocycles. The summed E-state index contributed by atoms with van der Waals surface area (Å²) in [4.78, 5) is 30.3. The van der Waals surface area contributed by atoms with E-state index in [0.29, 0.717) is 16.3 Å². The molecule has 3 amide bonds. The van der Waals surface area contributed by atoms with Crippen LogP contribution in [0.15, 0.2) is 55.0 Å². The first-order valence-corrected chi connectivity index (χ1v) is 8.79. The number of nitrogens with zero attached hydrogens (tertiary/aromatic N) is 4. The molecule has 3 rings (SSSR count). The molecule has 138 valence electrons. The molecule has 0 fully saturated rings. The first kappa shape index (κ1) is 18.9. The van der Waals surface area contributed by atoms with Crippen molar-refractivity contribution in [3.8, 4) is 5.69 Å². The number of aromatic nitrogens is 3. The Balaban J connectivity index is 1.78. The van der Waals surface area contributed by atoms with Gasteiger partial charge in [-0.2, -0.15) is 5.10 Å². The summed E-state index contributed by atoms with van der Waals surface area (Å²) >= 11 is 12.0. The van der Waals surface area contributed by atoms with Gasteiger partial charge in [-0.25, -0.2) is 9.48 Å². The Hall–Kier alpha value is -2.90. The number of imide groups is 1. The summed E-state index contributed by atoms with van der Waals surface area (Å²) in [6.45, 7) is 1.88. The molecule has 1 aromatic carbocycles. The summed E-state index contributed by atoms with van der Waals surface area (Å²) in [6, 6.07) is 9.26. The third kappa shape index (κ3) is 4.27. The number of amides is 3. The van der Waals surface area contributed by atoms with Gasteiger partial charge in [-0.15, -0.1) is 0 Å². The van der Waals surface area contributed by atoms with Crippen molar-refractivity contribution in [3.63, 3.8) is 0 Å². The average Bonchev–Trinajstić information content (AvgIpc) is 3.04. The number of rotatable bonds is 4. The van der Waals surface area contributed by atoms with Crippen LogP contribution in [0.3, 0.4) is 0 Å². The zero-order chi connectivity index (χ0) is 19.4. The van der Waals surface area contributed by atoms with E-state index in [-0.39, 0.29) is 17.4 Å². The Morgan fingerprint density at radius 1 is 1.19 bits per heavy atom. The lowest BCUT2D eigenvalue weighted by Crippen LogP contribution is -2.39. The standard InChI is InChI=1S/C18H15Cl2N5O2/c1-2-24(17(26)12-5-7-13(19)8-6-12)18(27)22-15-11-25(23-16(15)20)14-4-3-9-21-10-14/h3-11H,2H2,1H3,(H,22,27). The minimum absolute atomic E-state index is 0.0993. The quantitative estimate of drug-likeness (QED) is 0.705. The first-order chi connectivity index (χ1) is 13.0. The molecule has 0 aliphatic heterocycles. The number of carbonyl (C=O) groups excluding carboxylic acids is 2. The fraction of sp³-hybridized carbons (Fsp3) is 0.111. The lowest BCUT2D eigenvalue weighted by Gasteiger charge is -2.19. The molecule has 2 heterocycles. The maximum absolute atomic E-state index is 12.6. The number of hydrogen-bond donors (Lipinski definition) is 1.